The summed E-state index contributed by atoms with van der Waals surface area (Å²) in [4.78, 5) is 11.1. The van der Waals surface area contributed by atoms with Crippen LogP contribution in [0.4, 0.5) is 0 Å². The lowest BCUT2D eigenvalue weighted by molar-refractivity contribution is -0.136. The summed E-state index contributed by atoms with van der Waals surface area (Å²) in [5.41, 5.74) is 2.34. The van der Waals surface area contributed by atoms with Gasteiger partial charge >= 0.3 is 5.97 Å². The summed E-state index contributed by atoms with van der Waals surface area (Å²) < 4.78 is 4.59. The first-order chi connectivity index (χ1) is 8.67. The number of esters is 1. The predicted molar refractivity (Wildman–Crippen MR) is 68.6 cm³/mol. The Morgan fingerprint density at radius 1 is 1.44 bits per heavy atom. The first-order valence-corrected chi connectivity index (χ1v) is 5.62. The molecule has 0 unspecified atom stereocenters. The van der Waals surface area contributed by atoms with Gasteiger partial charge in [-0.1, -0.05) is 18.2 Å². The van der Waals surface area contributed by atoms with Crippen LogP contribution in [0.2, 0.25) is 0 Å². The van der Waals surface area contributed by atoms with Crippen molar-refractivity contribution in [3.05, 3.63) is 47.0 Å². The SMILES string of the molecule is COC(=O)/C(C)=C/CNCc1ccc(C#N)cc1. The zero-order valence-electron chi connectivity index (χ0n) is 10.6. The van der Waals surface area contributed by atoms with Crippen molar-refractivity contribution >= 4 is 5.97 Å². The van der Waals surface area contributed by atoms with E-state index in [2.05, 4.69) is 16.1 Å². The number of hydrogen-bond acceptors (Lipinski definition) is 4. The molecule has 0 heterocycles. The van der Waals surface area contributed by atoms with Crippen molar-refractivity contribution in [2.45, 2.75) is 13.5 Å². The molecular formula is C14H16N2O2. The molecule has 0 radical (unpaired) electrons. The van der Waals surface area contributed by atoms with E-state index in [1.807, 2.05) is 12.1 Å². The molecule has 0 aliphatic heterocycles. The minimum absolute atomic E-state index is 0.310. The molecule has 0 aliphatic rings. The highest BCUT2D eigenvalue weighted by Crippen LogP contribution is 2.02. The molecule has 0 aromatic heterocycles. The molecule has 0 bridgehead atoms. The van der Waals surface area contributed by atoms with Gasteiger partial charge in [0.25, 0.3) is 0 Å². The predicted octanol–water partition coefficient (Wildman–Crippen LogP) is 1.77. The summed E-state index contributed by atoms with van der Waals surface area (Å²) in [5.74, 6) is -0.310. The van der Waals surface area contributed by atoms with E-state index in [0.717, 1.165) is 5.56 Å². The number of ether oxygens (including phenoxy) is 1. The van der Waals surface area contributed by atoms with Crippen molar-refractivity contribution in [3.8, 4) is 6.07 Å². The number of carbonyl (C=O) groups excluding carboxylic acids is 1. The van der Waals surface area contributed by atoms with Gasteiger partial charge < -0.3 is 10.1 Å². The molecule has 4 heteroatoms. The maximum absolute atomic E-state index is 11.1. The quantitative estimate of drug-likeness (QED) is 0.487. The van der Waals surface area contributed by atoms with Crippen molar-refractivity contribution in [1.82, 2.24) is 5.32 Å². The number of rotatable bonds is 5. The molecule has 4 nitrogen and oxygen atoms in total. The molecule has 0 spiro atoms. The van der Waals surface area contributed by atoms with Crippen molar-refractivity contribution in [2.24, 2.45) is 0 Å². The van der Waals surface area contributed by atoms with Crippen LogP contribution < -0.4 is 5.32 Å². The van der Waals surface area contributed by atoms with Crippen molar-refractivity contribution in [2.75, 3.05) is 13.7 Å². The molecule has 94 valence electrons. The van der Waals surface area contributed by atoms with Crippen LogP contribution in [0.15, 0.2) is 35.9 Å². The average Bonchev–Trinajstić information content (AvgIpc) is 2.43. The van der Waals surface area contributed by atoms with E-state index in [1.165, 1.54) is 7.11 Å². The molecular weight excluding hydrogens is 228 g/mol. The zero-order valence-corrected chi connectivity index (χ0v) is 10.6. The van der Waals surface area contributed by atoms with Gasteiger partial charge in [0.15, 0.2) is 0 Å². The molecule has 0 saturated carbocycles. The Morgan fingerprint density at radius 3 is 2.67 bits per heavy atom. The number of nitriles is 1. The number of nitrogens with zero attached hydrogens (tertiary/aromatic N) is 1. The minimum atomic E-state index is -0.310. The average molecular weight is 244 g/mol. The van der Waals surface area contributed by atoms with Gasteiger partial charge in [-0.15, -0.1) is 0 Å². The molecule has 0 aliphatic carbocycles. The number of hydrogen-bond donors (Lipinski definition) is 1. The summed E-state index contributed by atoms with van der Waals surface area (Å²) >= 11 is 0. The third-order valence-corrected chi connectivity index (χ3v) is 2.47. The van der Waals surface area contributed by atoms with E-state index in [9.17, 15) is 4.79 Å². The summed E-state index contributed by atoms with van der Waals surface area (Å²) in [6, 6.07) is 9.45. The first kappa shape index (κ1) is 13.9. The normalized spacial score (nSPS) is 10.8. The van der Waals surface area contributed by atoms with E-state index in [0.29, 0.717) is 24.2 Å². The van der Waals surface area contributed by atoms with Crippen LogP contribution in [0.3, 0.4) is 0 Å². The lowest BCUT2D eigenvalue weighted by atomic mass is 10.1. The van der Waals surface area contributed by atoms with Crippen molar-refractivity contribution in [1.29, 1.82) is 5.26 Å². The largest absolute Gasteiger partial charge is 0.466 e. The highest BCUT2D eigenvalue weighted by atomic mass is 16.5. The molecule has 18 heavy (non-hydrogen) atoms. The minimum Gasteiger partial charge on any atom is -0.466 e. The van der Waals surface area contributed by atoms with E-state index < -0.39 is 0 Å². The fraction of sp³-hybridized carbons (Fsp3) is 0.286. The van der Waals surface area contributed by atoms with Crippen LogP contribution in [0.1, 0.15) is 18.1 Å². The topological polar surface area (TPSA) is 62.1 Å². The highest BCUT2D eigenvalue weighted by molar-refractivity contribution is 5.87. The van der Waals surface area contributed by atoms with Crippen LogP contribution in [0, 0.1) is 11.3 Å². The van der Waals surface area contributed by atoms with Gasteiger partial charge in [-0.3, -0.25) is 0 Å². The summed E-state index contributed by atoms with van der Waals surface area (Å²) in [6.45, 7) is 3.01. The van der Waals surface area contributed by atoms with E-state index in [4.69, 9.17) is 5.26 Å². The Morgan fingerprint density at radius 2 is 2.11 bits per heavy atom. The molecule has 0 fully saturated rings. The highest BCUT2D eigenvalue weighted by Gasteiger charge is 2.01. The van der Waals surface area contributed by atoms with Gasteiger partial charge in [-0.05, 0) is 24.6 Å². The molecule has 1 rings (SSSR count). The smallest absolute Gasteiger partial charge is 0.333 e. The number of nitrogens with one attached hydrogen (secondary N) is 1. The van der Waals surface area contributed by atoms with Crippen LogP contribution in [0.25, 0.3) is 0 Å². The summed E-state index contributed by atoms with van der Waals surface area (Å²) in [7, 11) is 1.36. The maximum atomic E-state index is 11.1. The molecule has 0 amide bonds. The summed E-state index contributed by atoms with van der Waals surface area (Å²) in [6.07, 6.45) is 1.79. The van der Waals surface area contributed by atoms with E-state index >= 15 is 0 Å². The van der Waals surface area contributed by atoms with Crippen LogP contribution in [-0.2, 0) is 16.1 Å². The lowest BCUT2D eigenvalue weighted by Crippen LogP contribution is -2.14. The second kappa shape index (κ2) is 7.25. The maximum Gasteiger partial charge on any atom is 0.333 e. The van der Waals surface area contributed by atoms with Gasteiger partial charge in [-0.2, -0.15) is 5.26 Å². The van der Waals surface area contributed by atoms with Crippen molar-refractivity contribution < 1.29 is 9.53 Å². The van der Waals surface area contributed by atoms with Gasteiger partial charge in [0, 0.05) is 18.7 Å². The monoisotopic (exact) mass is 244 g/mol. The van der Waals surface area contributed by atoms with Gasteiger partial charge in [-0.25, -0.2) is 4.79 Å². The van der Waals surface area contributed by atoms with Gasteiger partial charge in [0.2, 0.25) is 0 Å². The molecule has 0 atom stereocenters. The molecule has 1 N–H and O–H groups in total. The van der Waals surface area contributed by atoms with Crippen LogP contribution in [0.5, 0.6) is 0 Å². The first-order valence-electron chi connectivity index (χ1n) is 5.62. The summed E-state index contributed by atoms with van der Waals surface area (Å²) in [5, 5.41) is 11.8. The standard InChI is InChI=1S/C14H16N2O2/c1-11(14(17)18-2)7-8-16-10-13-5-3-12(9-15)4-6-13/h3-7,16H,8,10H2,1-2H3/b11-7+. The van der Waals surface area contributed by atoms with E-state index in [1.54, 1.807) is 25.1 Å². The fourth-order valence-corrected chi connectivity index (χ4v) is 1.38. The fourth-order valence-electron chi connectivity index (χ4n) is 1.38. The molecule has 1 aromatic rings. The lowest BCUT2D eigenvalue weighted by Gasteiger charge is -2.03. The second-order valence-corrected chi connectivity index (χ2v) is 3.82. The van der Waals surface area contributed by atoms with E-state index in [-0.39, 0.29) is 5.97 Å². The van der Waals surface area contributed by atoms with Crippen molar-refractivity contribution in [3.63, 3.8) is 0 Å². The zero-order chi connectivity index (χ0) is 13.4. The Labute approximate surface area is 107 Å². The van der Waals surface area contributed by atoms with Crippen LogP contribution >= 0.6 is 0 Å². The number of carbonyl (C=O) groups is 1. The number of benzene rings is 1. The van der Waals surface area contributed by atoms with Crippen LogP contribution in [-0.4, -0.2) is 19.6 Å². The Balaban J connectivity index is 2.38. The molecule has 0 saturated heterocycles. The second-order valence-electron chi connectivity index (χ2n) is 3.82. The Bertz CT molecular complexity index is 470. The Hall–Kier alpha value is -2.12. The molecule has 1 aromatic carbocycles. The third kappa shape index (κ3) is 4.40. The Kier molecular flexibility index (Phi) is 5.62. The van der Waals surface area contributed by atoms with Gasteiger partial charge in [0.1, 0.15) is 0 Å². The van der Waals surface area contributed by atoms with Gasteiger partial charge in [0.05, 0.1) is 18.7 Å². The third-order valence-electron chi connectivity index (χ3n) is 2.47. The number of methoxy groups -OCH3 is 1.